The first-order valence-corrected chi connectivity index (χ1v) is 8.44. The van der Waals surface area contributed by atoms with Gasteiger partial charge in [0.15, 0.2) is 11.9 Å². The molecule has 0 bridgehead atoms. The molecule has 4 rings (SSSR count). The highest BCUT2D eigenvalue weighted by Gasteiger charge is 2.44. The van der Waals surface area contributed by atoms with Crippen molar-refractivity contribution in [3.8, 4) is 11.3 Å². The van der Waals surface area contributed by atoms with Gasteiger partial charge < -0.3 is 31.1 Å². The molecule has 0 spiro atoms. The van der Waals surface area contributed by atoms with Gasteiger partial charge in [-0.15, -0.1) is 0 Å². The van der Waals surface area contributed by atoms with Crippen LogP contribution >= 0.6 is 0 Å². The molecule has 6 N–H and O–H groups in total. The third-order valence-electron chi connectivity index (χ3n) is 4.62. The van der Waals surface area contributed by atoms with E-state index in [4.69, 9.17) is 10.5 Å². The van der Waals surface area contributed by atoms with Crippen molar-refractivity contribution in [1.82, 2.24) is 19.5 Å². The van der Waals surface area contributed by atoms with Crippen molar-refractivity contribution in [2.45, 2.75) is 24.5 Å². The number of aliphatic hydroxyl groups is 3. The molecule has 0 saturated carbocycles. The summed E-state index contributed by atoms with van der Waals surface area (Å²) in [4.78, 5) is 13.3. The monoisotopic (exact) mass is 372 g/mol. The quantitative estimate of drug-likeness (QED) is 0.390. The van der Waals surface area contributed by atoms with Crippen molar-refractivity contribution in [3.63, 3.8) is 0 Å². The van der Waals surface area contributed by atoms with E-state index in [1.165, 1.54) is 10.9 Å². The van der Waals surface area contributed by atoms with Gasteiger partial charge in [0.1, 0.15) is 29.5 Å². The van der Waals surface area contributed by atoms with E-state index in [2.05, 4.69) is 20.3 Å². The third kappa shape index (κ3) is 2.88. The second-order valence-corrected chi connectivity index (χ2v) is 6.32. The maximum absolute atomic E-state index is 10.3. The SMILES string of the molecule is CNc1nc(-c2ccc(N)cc2)c2ncn([C@@H]3O[C@H](CO)[C@@H](O)[C@H]3O)c2n1. The third-order valence-corrected chi connectivity index (χ3v) is 4.62. The molecule has 1 aliphatic rings. The van der Waals surface area contributed by atoms with E-state index in [0.29, 0.717) is 28.5 Å². The first-order chi connectivity index (χ1) is 13.0. The number of fused-ring (bicyclic) bond motifs is 1. The Bertz CT molecular complexity index is 960. The highest BCUT2D eigenvalue weighted by molar-refractivity contribution is 5.88. The Kier molecular flexibility index (Phi) is 4.40. The van der Waals surface area contributed by atoms with Crippen LogP contribution in [0, 0.1) is 0 Å². The van der Waals surface area contributed by atoms with Crippen LogP contribution in [-0.4, -0.2) is 66.8 Å². The molecule has 0 radical (unpaired) electrons. The number of hydrogen-bond donors (Lipinski definition) is 5. The zero-order valence-corrected chi connectivity index (χ0v) is 14.5. The van der Waals surface area contributed by atoms with Crippen LogP contribution in [0.3, 0.4) is 0 Å². The fourth-order valence-electron chi connectivity index (χ4n) is 3.17. The van der Waals surface area contributed by atoms with E-state index in [1.807, 2.05) is 12.1 Å². The number of imidazole rings is 1. The number of anilines is 2. The van der Waals surface area contributed by atoms with Crippen LogP contribution in [0.2, 0.25) is 0 Å². The van der Waals surface area contributed by atoms with Crippen molar-refractivity contribution in [2.75, 3.05) is 24.7 Å². The first-order valence-electron chi connectivity index (χ1n) is 8.44. The summed E-state index contributed by atoms with van der Waals surface area (Å²) in [5.74, 6) is 0.364. The van der Waals surface area contributed by atoms with Gasteiger partial charge in [-0.25, -0.2) is 9.97 Å². The summed E-state index contributed by atoms with van der Waals surface area (Å²) in [6.45, 7) is -0.408. The van der Waals surface area contributed by atoms with E-state index in [1.54, 1.807) is 19.2 Å². The highest BCUT2D eigenvalue weighted by atomic mass is 16.6. The number of rotatable bonds is 4. The molecule has 1 fully saturated rings. The smallest absolute Gasteiger partial charge is 0.225 e. The molecule has 27 heavy (non-hydrogen) atoms. The van der Waals surface area contributed by atoms with E-state index in [9.17, 15) is 15.3 Å². The van der Waals surface area contributed by atoms with E-state index in [-0.39, 0.29) is 0 Å². The second-order valence-electron chi connectivity index (χ2n) is 6.32. The Morgan fingerprint density at radius 1 is 1.19 bits per heavy atom. The molecule has 1 aromatic carbocycles. The number of nitrogen functional groups attached to an aromatic ring is 1. The summed E-state index contributed by atoms with van der Waals surface area (Å²) < 4.78 is 7.13. The van der Waals surface area contributed by atoms with Crippen molar-refractivity contribution in [3.05, 3.63) is 30.6 Å². The lowest BCUT2D eigenvalue weighted by Crippen LogP contribution is -2.33. The molecule has 1 aliphatic heterocycles. The number of nitrogens with zero attached hydrogens (tertiary/aromatic N) is 4. The number of benzene rings is 1. The number of aliphatic hydroxyl groups excluding tert-OH is 3. The molecular formula is C17H20N6O4. The van der Waals surface area contributed by atoms with E-state index < -0.39 is 31.1 Å². The maximum Gasteiger partial charge on any atom is 0.225 e. The van der Waals surface area contributed by atoms with Crippen LogP contribution in [-0.2, 0) is 4.74 Å². The standard InChI is InChI=1S/C17H20N6O4/c1-19-17-21-11(8-2-4-9(18)5-3-8)12-15(22-17)23(7-20-12)16-14(26)13(25)10(6-24)27-16/h2-5,7,10,13-14,16,24-26H,6,18H2,1H3,(H,19,21,22)/t10-,13-,14-,16-/m1/s1. The van der Waals surface area contributed by atoms with Gasteiger partial charge in [-0.2, -0.15) is 4.98 Å². The van der Waals surface area contributed by atoms with E-state index in [0.717, 1.165) is 5.56 Å². The van der Waals surface area contributed by atoms with Crippen LogP contribution in [0.15, 0.2) is 30.6 Å². The van der Waals surface area contributed by atoms with Gasteiger partial charge in [0.25, 0.3) is 0 Å². The molecule has 142 valence electrons. The molecule has 0 aliphatic carbocycles. The Morgan fingerprint density at radius 2 is 1.93 bits per heavy atom. The fraction of sp³-hybridized carbons (Fsp3) is 0.353. The predicted molar refractivity (Wildman–Crippen MR) is 97.7 cm³/mol. The topological polar surface area (TPSA) is 152 Å². The molecule has 10 nitrogen and oxygen atoms in total. The van der Waals surface area contributed by atoms with Gasteiger partial charge in [-0.05, 0) is 12.1 Å². The highest BCUT2D eigenvalue weighted by Crippen LogP contribution is 2.33. The van der Waals surface area contributed by atoms with Gasteiger partial charge in [-0.1, -0.05) is 12.1 Å². The van der Waals surface area contributed by atoms with Gasteiger partial charge in [-0.3, -0.25) is 4.57 Å². The average molecular weight is 372 g/mol. The Labute approximate surface area is 154 Å². The molecule has 4 atom stereocenters. The minimum absolute atomic E-state index is 0.364. The molecule has 0 unspecified atom stereocenters. The largest absolute Gasteiger partial charge is 0.399 e. The lowest BCUT2D eigenvalue weighted by atomic mass is 10.1. The minimum Gasteiger partial charge on any atom is -0.399 e. The van der Waals surface area contributed by atoms with Gasteiger partial charge in [0.05, 0.1) is 12.9 Å². The van der Waals surface area contributed by atoms with E-state index >= 15 is 0 Å². The summed E-state index contributed by atoms with van der Waals surface area (Å²) in [5.41, 5.74) is 8.73. The van der Waals surface area contributed by atoms with Crippen molar-refractivity contribution in [1.29, 1.82) is 0 Å². The lowest BCUT2D eigenvalue weighted by molar-refractivity contribution is -0.0511. The van der Waals surface area contributed by atoms with Crippen molar-refractivity contribution < 1.29 is 20.1 Å². The molecule has 1 saturated heterocycles. The van der Waals surface area contributed by atoms with Crippen molar-refractivity contribution in [2.24, 2.45) is 0 Å². The lowest BCUT2D eigenvalue weighted by Gasteiger charge is -2.17. The van der Waals surface area contributed by atoms with Crippen LogP contribution < -0.4 is 11.1 Å². The summed E-state index contributed by atoms with van der Waals surface area (Å²) in [5, 5.41) is 32.6. The summed E-state index contributed by atoms with van der Waals surface area (Å²) in [6.07, 6.45) is -2.78. The second kappa shape index (κ2) is 6.74. The molecule has 0 amide bonds. The fourth-order valence-corrected chi connectivity index (χ4v) is 3.17. The zero-order valence-electron chi connectivity index (χ0n) is 14.5. The molecule has 10 heteroatoms. The van der Waals surface area contributed by atoms with Gasteiger partial charge >= 0.3 is 0 Å². The Balaban J connectivity index is 1.85. The van der Waals surface area contributed by atoms with Crippen molar-refractivity contribution >= 4 is 22.8 Å². The number of nitrogens with one attached hydrogen (secondary N) is 1. The maximum atomic E-state index is 10.3. The van der Waals surface area contributed by atoms with Gasteiger partial charge in [0.2, 0.25) is 5.95 Å². The molecule has 3 aromatic rings. The minimum atomic E-state index is -1.23. The summed E-state index contributed by atoms with van der Waals surface area (Å²) in [7, 11) is 1.70. The first kappa shape index (κ1) is 17.6. The number of hydrogen-bond acceptors (Lipinski definition) is 9. The van der Waals surface area contributed by atoms with Crippen LogP contribution in [0.25, 0.3) is 22.4 Å². The number of nitrogens with two attached hydrogens (primary N) is 1. The Hall–Kier alpha value is -2.79. The molecule has 3 heterocycles. The van der Waals surface area contributed by atoms with Crippen LogP contribution in [0.4, 0.5) is 11.6 Å². The summed E-state index contributed by atoms with van der Waals surface area (Å²) in [6, 6.07) is 7.21. The average Bonchev–Trinajstić information content (AvgIpc) is 3.23. The zero-order chi connectivity index (χ0) is 19.1. The van der Waals surface area contributed by atoms with Gasteiger partial charge in [0, 0.05) is 18.3 Å². The van der Waals surface area contributed by atoms with Crippen LogP contribution in [0.1, 0.15) is 6.23 Å². The van der Waals surface area contributed by atoms with Crippen LogP contribution in [0.5, 0.6) is 0 Å². The predicted octanol–water partition coefficient (Wildman–Crippen LogP) is -0.271. The summed E-state index contributed by atoms with van der Waals surface area (Å²) >= 11 is 0. The molecule has 2 aromatic heterocycles. The number of aromatic nitrogens is 4. The Morgan fingerprint density at radius 3 is 2.56 bits per heavy atom. The number of ether oxygens (including phenoxy) is 1. The molecular weight excluding hydrogens is 352 g/mol. The normalized spacial score (nSPS) is 25.2.